The van der Waals surface area contributed by atoms with E-state index < -0.39 is 6.04 Å². The molecule has 0 saturated carbocycles. The van der Waals surface area contributed by atoms with E-state index >= 15 is 0 Å². The summed E-state index contributed by atoms with van der Waals surface area (Å²) in [4.78, 5) is 24.3. The molecule has 1 atom stereocenters. The maximum absolute atomic E-state index is 12.6. The van der Waals surface area contributed by atoms with Crippen molar-refractivity contribution in [1.82, 2.24) is 9.78 Å². The van der Waals surface area contributed by atoms with Gasteiger partial charge >= 0.3 is 0 Å². The minimum atomic E-state index is -0.414. The predicted octanol–water partition coefficient (Wildman–Crippen LogP) is 2.67. The zero-order valence-electron chi connectivity index (χ0n) is 14.1. The van der Waals surface area contributed by atoms with Crippen LogP contribution in [0, 0.1) is 13.8 Å². The third-order valence-electron chi connectivity index (χ3n) is 3.54. The van der Waals surface area contributed by atoms with Gasteiger partial charge in [-0.1, -0.05) is 12.1 Å². The summed E-state index contributed by atoms with van der Waals surface area (Å²) in [6.07, 6.45) is 0.301. The molecular formula is C17H22N4O2S. The van der Waals surface area contributed by atoms with Crippen molar-refractivity contribution < 1.29 is 9.59 Å². The Morgan fingerprint density at radius 2 is 2.04 bits per heavy atom. The van der Waals surface area contributed by atoms with Crippen molar-refractivity contribution in [2.24, 2.45) is 5.73 Å². The van der Waals surface area contributed by atoms with Crippen LogP contribution in [0.4, 0.5) is 5.69 Å². The molecule has 2 amide bonds. The fraction of sp³-hybridized carbons (Fsp3) is 0.353. The predicted molar refractivity (Wildman–Crippen MR) is 96.0 cm³/mol. The van der Waals surface area contributed by atoms with Crippen LogP contribution in [0.2, 0.25) is 0 Å². The lowest BCUT2D eigenvalue weighted by Gasteiger charge is -2.16. The first-order valence-electron chi connectivity index (χ1n) is 7.72. The SMILES string of the molecule is Cc1cc(C)n([C@@H](C)C(=O)Nc2ccccc2SCCC(N)=O)n1. The van der Waals surface area contributed by atoms with Gasteiger partial charge in [-0.15, -0.1) is 11.8 Å². The topological polar surface area (TPSA) is 90.0 Å². The minimum absolute atomic E-state index is 0.135. The molecule has 0 fully saturated rings. The first-order chi connectivity index (χ1) is 11.4. The highest BCUT2D eigenvalue weighted by Crippen LogP contribution is 2.28. The van der Waals surface area contributed by atoms with Crippen molar-refractivity contribution >= 4 is 29.3 Å². The van der Waals surface area contributed by atoms with Gasteiger partial charge in [-0.3, -0.25) is 14.3 Å². The molecule has 0 saturated heterocycles. The normalized spacial score (nSPS) is 12.0. The number of primary amides is 1. The Morgan fingerprint density at radius 3 is 2.67 bits per heavy atom. The zero-order chi connectivity index (χ0) is 17.7. The lowest BCUT2D eigenvalue weighted by Crippen LogP contribution is -2.25. The van der Waals surface area contributed by atoms with Gasteiger partial charge in [-0.05, 0) is 39.0 Å². The van der Waals surface area contributed by atoms with E-state index in [0.29, 0.717) is 12.2 Å². The summed E-state index contributed by atoms with van der Waals surface area (Å²) in [5.41, 5.74) is 7.72. The molecule has 2 rings (SSSR count). The van der Waals surface area contributed by atoms with E-state index in [1.807, 2.05) is 51.1 Å². The van der Waals surface area contributed by atoms with Gasteiger partial charge in [-0.25, -0.2) is 0 Å². The molecule has 1 aromatic carbocycles. The molecule has 0 aliphatic heterocycles. The largest absolute Gasteiger partial charge is 0.370 e. The first kappa shape index (κ1) is 18.1. The highest BCUT2D eigenvalue weighted by atomic mass is 32.2. The second-order valence-electron chi connectivity index (χ2n) is 5.60. The van der Waals surface area contributed by atoms with Gasteiger partial charge in [0.2, 0.25) is 11.8 Å². The van der Waals surface area contributed by atoms with Gasteiger partial charge in [0.25, 0.3) is 0 Å². The average Bonchev–Trinajstić information content (AvgIpc) is 2.86. The smallest absolute Gasteiger partial charge is 0.248 e. The summed E-state index contributed by atoms with van der Waals surface area (Å²) in [7, 11) is 0. The number of nitrogens with one attached hydrogen (secondary N) is 1. The lowest BCUT2D eigenvalue weighted by molar-refractivity contribution is -0.119. The number of aromatic nitrogens is 2. The van der Waals surface area contributed by atoms with Crippen LogP contribution < -0.4 is 11.1 Å². The average molecular weight is 346 g/mol. The Hall–Kier alpha value is -2.28. The Labute approximate surface area is 145 Å². The van der Waals surface area contributed by atoms with Crippen LogP contribution in [0.5, 0.6) is 0 Å². The van der Waals surface area contributed by atoms with Crippen molar-refractivity contribution in [2.45, 2.75) is 38.1 Å². The monoisotopic (exact) mass is 346 g/mol. The molecule has 0 unspecified atom stereocenters. The summed E-state index contributed by atoms with van der Waals surface area (Å²) in [6, 6.07) is 9.04. The second-order valence-corrected chi connectivity index (χ2v) is 6.73. The van der Waals surface area contributed by atoms with Gasteiger partial charge in [0, 0.05) is 22.8 Å². The lowest BCUT2D eigenvalue weighted by atomic mass is 10.2. The number of anilines is 1. The first-order valence-corrected chi connectivity index (χ1v) is 8.71. The Bertz CT molecular complexity index is 742. The van der Waals surface area contributed by atoms with Crippen LogP contribution in [0.1, 0.15) is 30.8 Å². The standard InChI is InChI=1S/C17H22N4O2S/c1-11-10-12(2)21(20-11)13(3)17(23)19-14-6-4-5-7-15(14)24-9-8-16(18)22/h4-7,10,13H,8-9H2,1-3H3,(H2,18,22)(H,19,23)/t13-/m0/s1. The number of amides is 2. The third-order valence-corrected chi connectivity index (χ3v) is 4.62. The van der Waals surface area contributed by atoms with E-state index in [2.05, 4.69) is 10.4 Å². The van der Waals surface area contributed by atoms with E-state index in [0.717, 1.165) is 22.0 Å². The number of carbonyl (C=O) groups is 2. The molecule has 0 aliphatic rings. The number of benzene rings is 1. The van der Waals surface area contributed by atoms with E-state index in [-0.39, 0.29) is 11.8 Å². The molecule has 0 radical (unpaired) electrons. The number of carbonyl (C=O) groups excluding carboxylic acids is 2. The van der Waals surface area contributed by atoms with Crippen LogP contribution in [-0.2, 0) is 9.59 Å². The van der Waals surface area contributed by atoms with Crippen molar-refractivity contribution in [3.8, 4) is 0 Å². The summed E-state index contributed by atoms with van der Waals surface area (Å²) in [5, 5.41) is 7.31. The van der Waals surface area contributed by atoms with Crippen molar-refractivity contribution in [1.29, 1.82) is 0 Å². The number of nitrogens with two attached hydrogens (primary N) is 1. The molecule has 128 valence electrons. The van der Waals surface area contributed by atoms with Crippen molar-refractivity contribution in [3.05, 3.63) is 41.7 Å². The van der Waals surface area contributed by atoms with Gasteiger partial charge < -0.3 is 11.1 Å². The molecule has 1 aromatic heterocycles. The van der Waals surface area contributed by atoms with E-state index in [9.17, 15) is 9.59 Å². The summed E-state index contributed by atoms with van der Waals surface area (Å²) >= 11 is 1.49. The van der Waals surface area contributed by atoms with Gasteiger partial charge in [0.1, 0.15) is 6.04 Å². The second kappa shape index (κ2) is 8.01. The molecule has 2 aromatic rings. The number of nitrogens with zero attached hydrogens (tertiary/aromatic N) is 2. The highest BCUT2D eigenvalue weighted by Gasteiger charge is 2.19. The molecule has 0 bridgehead atoms. The number of aryl methyl sites for hydroxylation is 2. The van der Waals surface area contributed by atoms with Crippen molar-refractivity contribution in [3.63, 3.8) is 0 Å². The van der Waals surface area contributed by atoms with Gasteiger partial charge in [-0.2, -0.15) is 5.10 Å². The van der Waals surface area contributed by atoms with Crippen LogP contribution in [0.25, 0.3) is 0 Å². The summed E-state index contributed by atoms with van der Waals surface area (Å²) < 4.78 is 1.72. The maximum atomic E-state index is 12.6. The number of thioether (sulfide) groups is 1. The number of para-hydroxylation sites is 1. The molecule has 1 heterocycles. The Morgan fingerprint density at radius 1 is 1.33 bits per heavy atom. The van der Waals surface area contributed by atoms with E-state index in [1.54, 1.807) is 4.68 Å². The molecule has 7 heteroatoms. The molecular weight excluding hydrogens is 324 g/mol. The Kier molecular flexibility index (Phi) is 6.03. The van der Waals surface area contributed by atoms with Gasteiger partial charge in [0.05, 0.1) is 11.4 Å². The molecule has 24 heavy (non-hydrogen) atoms. The van der Waals surface area contributed by atoms with Crippen LogP contribution in [-0.4, -0.2) is 27.3 Å². The van der Waals surface area contributed by atoms with Crippen molar-refractivity contribution in [2.75, 3.05) is 11.1 Å². The summed E-state index contributed by atoms with van der Waals surface area (Å²) in [6.45, 7) is 5.65. The zero-order valence-corrected chi connectivity index (χ0v) is 14.9. The third kappa shape index (κ3) is 4.61. The molecule has 3 N–H and O–H groups in total. The van der Waals surface area contributed by atoms with Crippen LogP contribution >= 0.6 is 11.8 Å². The number of rotatable bonds is 7. The fourth-order valence-electron chi connectivity index (χ4n) is 2.34. The maximum Gasteiger partial charge on any atom is 0.248 e. The molecule has 0 spiro atoms. The van der Waals surface area contributed by atoms with Crippen LogP contribution in [0.3, 0.4) is 0 Å². The highest BCUT2D eigenvalue weighted by molar-refractivity contribution is 7.99. The fourth-order valence-corrected chi connectivity index (χ4v) is 3.32. The van der Waals surface area contributed by atoms with E-state index in [1.165, 1.54) is 11.8 Å². The van der Waals surface area contributed by atoms with E-state index in [4.69, 9.17) is 5.73 Å². The summed E-state index contributed by atoms with van der Waals surface area (Å²) in [5.74, 6) is 0.112. The number of hydrogen-bond donors (Lipinski definition) is 2. The number of hydrogen-bond acceptors (Lipinski definition) is 4. The van der Waals surface area contributed by atoms with Gasteiger partial charge in [0.15, 0.2) is 0 Å². The quantitative estimate of drug-likeness (QED) is 0.754. The Balaban J connectivity index is 2.08. The molecule has 0 aliphatic carbocycles. The minimum Gasteiger partial charge on any atom is -0.370 e. The van der Waals surface area contributed by atoms with Crippen LogP contribution in [0.15, 0.2) is 35.2 Å². The molecule has 6 nitrogen and oxygen atoms in total.